The van der Waals surface area contributed by atoms with Gasteiger partial charge in [0.25, 0.3) is 12.1 Å². The Labute approximate surface area is 113 Å². The number of aryl methyl sites for hydroxylation is 2. The Morgan fingerprint density at radius 1 is 1.30 bits per heavy atom. The predicted molar refractivity (Wildman–Crippen MR) is 68.4 cm³/mol. The predicted octanol–water partition coefficient (Wildman–Crippen LogP) is 3.18. The number of rotatable bonds is 2. The summed E-state index contributed by atoms with van der Waals surface area (Å²) in [5.74, 6) is 0. The van der Waals surface area contributed by atoms with Crippen molar-refractivity contribution in [1.82, 2.24) is 19.9 Å². The van der Waals surface area contributed by atoms with Crippen LogP contribution in [0.1, 0.15) is 23.4 Å². The summed E-state index contributed by atoms with van der Waals surface area (Å²) in [5, 5.41) is 8.09. The molecule has 0 radical (unpaired) electrons. The Morgan fingerprint density at radius 3 is 2.65 bits per heavy atom. The average Bonchev–Trinajstić information content (AvgIpc) is 2.94. The van der Waals surface area contributed by atoms with Gasteiger partial charge >= 0.3 is 0 Å². The largest absolute Gasteiger partial charge is 0.336 e. The van der Waals surface area contributed by atoms with Gasteiger partial charge < -0.3 is 4.52 Å². The zero-order chi connectivity index (χ0) is 14.4. The highest BCUT2D eigenvalue weighted by molar-refractivity contribution is 5.83. The molecule has 0 aliphatic carbocycles. The SMILES string of the molecule is Cc1noc2nc(-c3cnn(C)c3C)cc(C(F)F)c12. The monoisotopic (exact) mass is 278 g/mol. The Balaban J connectivity index is 2.30. The minimum absolute atomic E-state index is 0.119. The molecule has 3 rings (SSSR count). The van der Waals surface area contributed by atoms with E-state index in [2.05, 4.69) is 15.2 Å². The molecule has 0 saturated carbocycles. The van der Waals surface area contributed by atoms with Gasteiger partial charge in [-0.15, -0.1) is 0 Å². The number of hydrogen-bond donors (Lipinski definition) is 0. The lowest BCUT2D eigenvalue weighted by Crippen LogP contribution is -1.95. The van der Waals surface area contributed by atoms with Gasteiger partial charge in [0.2, 0.25) is 0 Å². The molecule has 0 aliphatic rings. The van der Waals surface area contributed by atoms with Crippen LogP contribution in [-0.2, 0) is 7.05 Å². The van der Waals surface area contributed by atoms with Gasteiger partial charge in [-0.3, -0.25) is 4.68 Å². The van der Waals surface area contributed by atoms with Crippen LogP contribution in [0.25, 0.3) is 22.4 Å². The third-order valence-electron chi connectivity index (χ3n) is 3.39. The number of hydrogen-bond acceptors (Lipinski definition) is 4. The highest BCUT2D eigenvalue weighted by Crippen LogP contribution is 2.33. The second-order valence-electron chi connectivity index (χ2n) is 4.61. The summed E-state index contributed by atoms with van der Waals surface area (Å²) in [5.41, 5.74) is 2.37. The third kappa shape index (κ3) is 1.77. The summed E-state index contributed by atoms with van der Waals surface area (Å²) in [6, 6.07) is 1.38. The lowest BCUT2D eigenvalue weighted by Gasteiger charge is -2.05. The van der Waals surface area contributed by atoms with Gasteiger partial charge in [-0.05, 0) is 19.9 Å². The van der Waals surface area contributed by atoms with Gasteiger partial charge in [-0.1, -0.05) is 5.16 Å². The van der Waals surface area contributed by atoms with Crippen molar-refractivity contribution in [2.75, 3.05) is 0 Å². The van der Waals surface area contributed by atoms with Crippen molar-refractivity contribution in [3.05, 3.63) is 29.2 Å². The number of nitrogens with zero attached hydrogens (tertiary/aromatic N) is 4. The quantitative estimate of drug-likeness (QED) is 0.722. The van der Waals surface area contributed by atoms with Crippen molar-refractivity contribution in [3.8, 4) is 11.3 Å². The Kier molecular flexibility index (Phi) is 2.77. The fourth-order valence-electron chi connectivity index (χ4n) is 2.19. The molecule has 3 aromatic heterocycles. The molecule has 3 aromatic rings. The minimum atomic E-state index is -2.62. The Bertz CT molecular complexity index is 791. The standard InChI is InChI=1S/C13H12F2N4O/c1-6-11-8(12(14)15)4-10(17-13(11)20-18-6)9-5-16-19(3)7(9)2/h4-5,12H,1-3H3. The van der Waals surface area contributed by atoms with Crippen LogP contribution in [-0.4, -0.2) is 19.9 Å². The molecule has 0 spiro atoms. The summed E-state index contributed by atoms with van der Waals surface area (Å²) in [4.78, 5) is 4.27. The van der Waals surface area contributed by atoms with Crippen LogP contribution in [0.15, 0.2) is 16.8 Å². The highest BCUT2D eigenvalue weighted by atomic mass is 19.3. The summed E-state index contributed by atoms with van der Waals surface area (Å²) in [7, 11) is 1.78. The van der Waals surface area contributed by atoms with Gasteiger partial charge in [0.1, 0.15) is 0 Å². The molecule has 0 aromatic carbocycles. The van der Waals surface area contributed by atoms with E-state index in [0.717, 1.165) is 5.69 Å². The van der Waals surface area contributed by atoms with E-state index in [4.69, 9.17) is 4.52 Å². The van der Waals surface area contributed by atoms with E-state index in [1.54, 1.807) is 24.9 Å². The molecule has 5 nitrogen and oxygen atoms in total. The normalized spacial score (nSPS) is 11.7. The third-order valence-corrected chi connectivity index (χ3v) is 3.39. The first kappa shape index (κ1) is 12.7. The minimum Gasteiger partial charge on any atom is -0.336 e. The van der Waals surface area contributed by atoms with Crippen molar-refractivity contribution in [1.29, 1.82) is 0 Å². The van der Waals surface area contributed by atoms with E-state index < -0.39 is 6.43 Å². The number of pyridine rings is 1. The van der Waals surface area contributed by atoms with Crippen LogP contribution in [0.4, 0.5) is 8.78 Å². The van der Waals surface area contributed by atoms with E-state index in [1.807, 2.05) is 6.92 Å². The fourth-order valence-corrected chi connectivity index (χ4v) is 2.19. The molecule has 104 valence electrons. The number of halogens is 2. The summed E-state index contributed by atoms with van der Waals surface area (Å²) >= 11 is 0. The van der Waals surface area contributed by atoms with E-state index in [1.165, 1.54) is 6.07 Å². The molecular weight excluding hydrogens is 266 g/mol. The summed E-state index contributed by atoms with van der Waals surface area (Å²) < 4.78 is 33.2. The zero-order valence-corrected chi connectivity index (χ0v) is 11.2. The molecule has 20 heavy (non-hydrogen) atoms. The molecule has 0 unspecified atom stereocenters. The van der Waals surface area contributed by atoms with E-state index in [9.17, 15) is 8.78 Å². The molecule has 0 aliphatic heterocycles. The molecular formula is C13H12F2N4O. The van der Waals surface area contributed by atoms with Crippen molar-refractivity contribution < 1.29 is 13.3 Å². The fraction of sp³-hybridized carbons (Fsp3) is 0.308. The second-order valence-corrected chi connectivity index (χ2v) is 4.61. The van der Waals surface area contributed by atoms with Gasteiger partial charge in [-0.2, -0.15) is 5.10 Å². The highest BCUT2D eigenvalue weighted by Gasteiger charge is 2.21. The molecule has 0 saturated heterocycles. The molecule has 0 bridgehead atoms. The first-order chi connectivity index (χ1) is 9.49. The van der Waals surface area contributed by atoms with Gasteiger partial charge in [0.05, 0.1) is 23.0 Å². The lowest BCUT2D eigenvalue weighted by atomic mass is 10.1. The van der Waals surface area contributed by atoms with Crippen molar-refractivity contribution in [2.45, 2.75) is 20.3 Å². The average molecular weight is 278 g/mol. The topological polar surface area (TPSA) is 56.7 Å². The van der Waals surface area contributed by atoms with Crippen molar-refractivity contribution in [3.63, 3.8) is 0 Å². The van der Waals surface area contributed by atoms with E-state index in [-0.39, 0.29) is 16.7 Å². The van der Waals surface area contributed by atoms with Crippen LogP contribution in [0.5, 0.6) is 0 Å². The van der Waals surface area contributed by atoms with Crippen LogP contribution in [0.3, 0.4) is 0 Å². The molecule has 7 heteroatoms. The summed E-state index contributed by atoms with van der Waals surface area (Å²) in [6.07, 6.45) is -1.02. The Morgan fingerprint density at radius 2 is 2.05 bits per heavy atom. The van der Waals surface area contributed by atoms with Crippen molar-refractivity contribution >= 4 is 11.1 Å². The maximum Gasteiger partial charge on any atom is 0.264 e. The molecule has 3 heterocycles. The van der Waals surface area contributed by atoms with Crippen LogP contribution in [0.2, 0.25) is 0 Å². The van der Waals surface area contributed by atoms with Crippen LogP contribution in [0, 0.1) is 13.8 Å². The first-order valence-electron chi connectivity index (χ1n) is 6.03. The maximum atomic E-state index is 13.2. The van der Waals surface area contributed by atoms with Gasteiger partial charge in [0, 0.05) is 23.9 Å². The van der Waals surface area contributed by atoms with Crippen molar-refractivity contribution in [2.24, 2.45) is 7.05 Å². The molecule has 0 amide bonds. The first-order valence-corrected chi connectivity index (χ1v) is 6.03. The number of alkyl halides is 2. The molecule has 0 fully saturated rings. The smallest absolute Gasteiger partial charge is 0.264 e. The molecule has 0 N–H and O–H groups in total. The lowest BCUT2D eigenvalue weighted by molar-refractivity contribution is 0.153. The van der Waals surface area contributed by atoms with E-state index in [0.29, 0.717) is 17.0 Å². The van der Waals surface area contributed by atoms with Gasteiger partial charge in [-0.25, -0.2) is 13.8 Å². The number of aromatic nitrogens is 4. The maximum absolute atomic E-state index is 13.2. The van der Waals surface area contributed by atoms with E-state index >= 15 is 0 Å². The zero-order valence-electron chi connectivity index (χ0n) is 11.2. The number of fused-ring (bicyclic) bond motifs is 1. The Hall–Kier alpha value is -2.31. The van der Waals surface area contributed by atoms with Crippen LogP contribution < -0.4 is 0 Å². The summed E-state index contributed by atoms with van der Waals surface area (Å²) in [6.45, 7) is 3.47. The molecule has 0 atom stereocenters. The van der Waals surface area contributed by atoms with Gasteiger partial charge in [0.15, 0.2) is 0 Å². The second kappa shape index (κ2) is 4.36. The van der Waals surface area contributed by atoms with Crippen LogP contribution >= 0.6 is 0 Å².